The van der Waals surface area contributed by atoms with Gasteiger partial charge in [0, 0.05) is 12.8 Å². The number of unbranched alkanes of at least 4 members (excludes halogenated alkanes) is 4. The first-order chi connectivity index (χ1) is 10.3. The summed E-state index contributed by atoms with van der Waals surface area (Å²) in [4.78, 5) is 16.8. The minimum atomic E-state index is -4.62. The molecule has 0 saturated heterocycles. The van der Waals surface area contributed by atoms with Crippen molar-refractivity contribution in [3.8, 4) is 0 Å². The topological polar surface area (TPSA) is 66.8 Å². The molecular formula is C12H21F6O4P. The van der Waals surface area contributed by atoms with Gasteiger partial charge in [0.05, 0.1) is 6.61 Å². The SMILES string of the molecule is O=P(O)(O)OCCCCCCCC(CC(F)(F)F)CC(F)(F)F. The highest BCUT2D eigenvalue weighted by Crippen LogP contribution is 2.36. The maximum Gasteiger partial charge on any atom is 0.469 e. The van der Waals surface area contributed by atoms with Crippen LogP contribution < -0.4 is 0 Å². The summed E-state index contributed by atoms with van der Waals surface area (Å²) < 4.78 is 88.0. The van der Waals surface area contributed by atoms with E-state index in [-0.39, 0.29) is 19.4 Å². The van der Waals surface area contributed by atoms with Crippen LogP contribution in [0, 0.1) is 5.92 Å². The summed E-state index contributed by atoms with van der Waals surface area (Å²) in [5.41, 5.74) is 0. The molecule has 140 valence electrons. The number of phosphoric ester groups is 1. The first-order valence-electron chi connectivity index (χ1n) is 7.12. The van der Waals surface area contributed by atoms with Crippen molar-refractivity contribution in [2.24, 2.45) is 5.92 Å². The lowest BCUT2D eigenvalue weighted by Crippen LogP contribution is -2.21. The van der Waals surface area contributed by atoms with E-state index in [1.807, 2.05) is 0 Å². The summed E-state index contributed by atoms with van der Waals surface area (Å²) in [5.74, 6) is -1.46. The van der Waals surface area contributed by atoms with Crippen molar-refractivity contribution < 1.29 is 45.2 Å². The van der Waals surface area contributed by atoms with Gasteiger partial charge in [0.25, 0.3) is 0 Å². The molecule has 0 unspecified atom stereocenters. The minimum Gasteiger partial charge on any atom is -0.303 e. The Labute approximate surface area is 130 Å². The number of hydrogen-bond donors (Lipinski definition) is 2. The van der Waals surface area contributed by atoms with Gasteiger partial charge in [-0.05, 0) is 18.8 Å². The van der Waals surface area contributed by atoms with Crippen LogP contribution in [0.25, 0.3) is 0 Å². The Kier molecular flexibility index (Phi) is 9.73. The molecule has 0 rings (SSSR count). The van der Waals surface area contributed by atoms with E-state index in [1.54, 1.807) is 0 Å². The number of alkyl halides is 6. The molecule has 4 nitrogen and oxygen atoms in total. The third kappa shape index (κ3) is 17.9. The lowest BCUT2D eigenvalue weighted by Gasteiger charge is -2.20. The minimum absolute atomic E-state index is 0.144. The highest BCUT2D eigenvalue weighted by molar-refractivity contribution is 7.46. The predicted molar refractivity (Wildman–Crippen MR) is 70.5 cm³/mol. The summed E-state index contributed by atoms with van der Waals surface area (Å²) in [5, 5.41) is 0. The van der Waals surface area contributed by atoms with E-state index < -0.39 is 38.9 Å². The van der Waals surface area contributed by atoms with Crippen LogP contribution in [0.2, 0.25) is 0 Å². The molecule has 0 spiro atoms. The first kappa shape index (κ1) is 22.7. The maximum atomic E-state index is 12.2. The average Bonchev–Trinajstić information content (AvgIpc) is 2.26. The van der Waals surface area contributed by atoms with Crippen molar-refractivity contribution in [3.05, 3.63) is 0 Å². The smallest absolute Gasteiger partial charge is 0.303 e. The summed E-state index contributed by atoms with van der Waals surface area (Å²) in [6.07, 6.45) is -10.1. The Hall–Kier alpha value is -0.310. The highest BCUT2D eigenvalue weighted by Gasteiger charge is 2.38. The molecule has 0 aliphatic carbocycles. The Morgan fingerprint density at radius 2 is 1.26 bits per heavy atom. The molecule has 0 aromatic heterocycles. The zero-order valence-electron chi connectivity index (χ0n) is 12.4. The molecule has 0 saturated carbocycles. The zero-order valence-corrected chi connectivity index (χ0v) is 13.3. The lowest BCUT2D eigenvalue weighted by molar-refractivity contribution is -0.173. The average molecular weight is 374 g/mol. The second-order valence-corrected chi connectivity index (χ2v) is 6.62. The Morgan fingerprint density at radius 1 is 0.826 bits per heavy atom. The van der Waals surface area contributed by atoms with E-state index in [9.17, 15) is 30.9 Å². The van der Waals surface area contributed by atoms with Gasteiger partial charge >= 0.3 is 20.2 Å². The van der Waals surface area contributed by atoms with E-state index in [1.165, 1.54) is 0 Å². The molecule has 0 radical (unpaired) electrons. The predicted octanol–water partition coefficient (Wildman–Crippen LogP) is 4.96. The number of rotatable bonds is 11. The van der Waals surface area contributed by atoms with Gasteiger partial charge in [0.15, 0.2) is 0 Å². The molecule has 0 amide bonds. The monoisotopic (exact) mass is 374 g/mol. The molecule has 23 heavy (non-hydrogen) atoms. The van der Waals surface area contributed by atoms with E-state index in [4.69, 9.17) is 9.79 Å². The quantitative estimate of drug-likeness (QED) is 0.305. The van der Waals surface area contributed by atoms with Crippen molar-refractivity contribution in [2.75, 3.05) is 6.61 Å². The molecule has 0 aromatic carbocycles. The van der Waals surface area contributed by atoms with Crippen LogP contribution in [0.3, 0.4) is 0 Å². The van der Waals surface area contributed by atoms with Crippen molar-refractivity contribution in [1.29, 1.82) is 0 Å². The fraction of sp³-hybridized carbons (Fsp3) is 1.00. The van der Waals surface area contributed by atoms with Crippen molar-refractivity contribution in [2.45, 2.75) is 63.7 Å². The molecule has 0 aromatic rings. The van der Waals surface area contributed by atoms with Crippen molar-refractivity contribution >= 4 is 7.82 Å². The normalized spacial score (nSPS) is 13.8. The number of phosphoric acid groups is 1. The molecule has 0 bridgehead atoms. The number of hydrogen-bond acceptors (Lipinski definition) is 2. The van der Waals surface area contributed by atoms with Crippen molar-refractivity contribution in [1.82, 2.24) is 0 Å². The zero-order chi connectivity index (χ0) is 18.1. The molecule has 11 heteroatoms. The van der Waals surface area contributed by atoms with Gasteiger partial charge in [0.2, 0.25) is 0 Å². The Balaban J connectivity index is 3.88. The van der Waals surface area contributed by atoms with E-state index in [2.05, 4.69) is 4.52 Å². The Morgan fingerprint density at radius 3 is 1.70 bits per heavy atom. The third-order valence-electron chi connectivity index (χ3n) is 3.06. The van der Waals surface area contributed by atoms with Gasteiger partial charge in [-0.1, -0.05) is 25.7 Å². The van der Waals surface area contributed by atoms with Gasteiger partial charge in [-0.15, -0.1) is 0 Å². The van der Waals surface area contributed by atoms with Gasteiger partial charge in [-0.3, -0.25) is 4.52 Å². The standard InChI is InChI=1S/C12H21F6O4P/c13-11(14,15)8-10(9-12(16,17)18)6-4-2-1-3-5-7-22-23(19,20)21/h10H,1-9H2,(H2,19,20,21). The molecule has 0 aliphatic rings. The van der Waals surface area contributed by atoms with E-state index in [0.717, 1.165) is 0 Å². The fourth-order valence-electron chi connectivity index (χ4n) is 2.18. The lowest BCUT2D eigenvalue weighted by atomic mass is 9.93. The van der Waals surface area contributed by atoms with Crippen LogP contribution in [-0.4, -0.2) is 28.7 Å². The van der Waals surface area contributed by atoms with Gasteiger partial charge in [-0.2, -0.15) is 26.3 Å². The highest BCUT2D eigenvalue weighted by atomic mass is 31.2. The second-order valence-electron chi connectivity index (χ2n) is 5.38. The largest absolute Gasteiger partial charge is 0.469 e. The van der Waals surface area contributed by atoms with Crippen LogP contribution in [-0.2, 0) is 9.09 Å². The first-order valence-corrected chi connectivity index (χ1v) is 8.65. The van der Waals surface area contributed by atoms with Gasteiger partial charge in [-0.25, -0.2) is 4.57 Å². The molecule has 2 N–H and O–H groups in total. The summed E-state index contributed by atoms with van der Waals surface area (Å²) in [6, 6.07) is 0. The second kappa shape index (κ2) is 9.86. The van der Waals surface area contributed by atoms with Gasteiger partial charge < -0.3 is 9.79 Å². The summed E-state index contributed by atoms with van der Waals surface area (Å²) in [7, 11) is -4.49. The Bertz CT molecular complexity index is 350. The molecule has 0 heterocycles. The van der Waals surface area contributed by atoms with Crippen LogP contribution in [0.1, 0.15) is 51.4 Å². The van der Waals surface area contributed by atoms with Crippen LogP contribution in [0.15, 0.2) is 0 Å². The van der Waals surface area contributed by atoms with Gasteiger partial charge in [0.1, 0.15) is 0 Å². The maximum absolute atomic E-state index is 12.2. The molecule has 0 fully saturated rings. The van der Waals surface area contributed by atoms with E-state index in [0.29, 0.717) is 25.7 Å². The van der Waals surface area contributed by atoms with Crippen molar-refractivity contribution in [3.63, 3.8) is 0 Å². The van der Waals surface area contributed by atoms with Crippen LogP contribution in [0.4, 0.5) is 26.3 Å². The third-order valence-corrected chi connectivity index (χ3v) is 3.58. The summed E-state index contributed by atoms with van der Waals surface area (Å²) >= 11 is 0. The molecule has 0 atom stereocenters. The summed E-state index contributed by atoms with van der Waals surface area (Å²) in [6.45, 7) is -0.144. The molecular weight excluding hydrogens is 353 g/mol. The van der Waals surface area contributed by atoms with E-state index >= 15 is 0 Å². The van der Waals surface area contributed by atoms with Crippen LogP contribution in [0.5, 0.6) is 0 Å². The van der Waals surface area contributed by atoms with Crippen LogP contribution >= 0.6 is 7.82 Å². The molecule has 0 aliphatic heterocycles. The fourth-order valence-corrected chi connectivity index (χ4v) is 2.55. The number of halogens is 6.